The third-order valence-electron chi connectivity index (χ3n) is 0.393. The molecule has 0 amide bonds. The molecule has 0 saturated carbocycles. The van der Waals surface area contributed by atoms with E-state index < -0.39 is 12.4 Å². The Bertz CT molecular complexity index is 87.5. The molecule has 0 atom stereocenters. The Morgan fingerprint density at radius 1 is 1.50 bits per heavy atom. The summed E-state index contributed by atoms with van der Waals surface area (Å²) in [6.45, 7) is 1.20. The van der Waals surface area contributed by atoms with Gasteiger partial charge in [0.2, 0.25) is 0 Å². The number of carbonyl (C=O) groups is 2. The van der Waals surface area contributed by atoms with Gasteiger partial charge in [-0.05, 0) is 6.92 Å². The van der Waals surface area contributed by atoms with Gasteiger partial charge in [-0.3, -0.25) is 4.79 Å². The molecule has 0 aliphatic carbocycles. The number of Topliss-reactive ketones (excluding diaryl/α,β-unsaturated/α-hetero) is 1. The Morgan fingerprint density at radius 2 is 1.88 bits per heavy atom. The molecule has 0 saturated heterocycles. The van der Waals surface area contributed by atoms with Crippen LogP contribution in [0.15, 0.2) is 0 Å². The minimum absolute atomic E-state index is 0. The summed E-state index contributed by atoms with van der Waals surface area (Å²) >= 11 is 0. The van der Waals surface area contributed by atoms with E-state index >= 15 is 0 Å². The zero-order valence-corrected chi connectivity index (χ0v) is 5.72. The van der Waals surface area contributed by atoms with Gasteiger partial charge in [0.25, 0.3) is 0 Å². The summed E-state index contributed by atoms with van der Waals surface area (Å²) < 4.78 is 0. The van der Waals surface area contributed by atoms with Gasteiger partial charge in [-0.25, -0.2) is 0 Å². The van der Waals surface area contributed by atoms with E-state index in [1.54, 1.807) is 0 Å². The Hall–Kier alpha value is -0.120. The molecule has 0 radical (unpaired) electrons. The van der Waals surface area contributed by atoms with Gasteiger partial charge >= 0.3 is 22.4 Å². The maximum Gasteiger partial charge on any atom is 1.00 e. The molecule has 4 heteroatoms. The fourth-order valence-corrected chi connectivity index (χ4v) is 0.203. The van der Waals surface area contributed by atoms with Crippen LogP contribution in [0.5, 0.6) is 0 Å². The summed E-state index contributed by atoms with van der Waals surface area (Å²) in [4.78, 5) is 19.3. The number of hydrogen-bond acceptors (Lipinski definition) is 3. The van der Waals surface area contributed by atoms with Crippen molar-refractivity contribution in [2.45, 2.75) is 13.3 Å². The second-order valence-corrected chi connectivity index (χ2v) is 1.25. The normalized spacial score (nSPS) is 7.12. The quantitative estimate of drug-likeness (QED) is 0.420. The van der Waals surface area contributed by atoms with Gasteiger partial charge in [0, 0.05) is 12.4 Å². The average molecular weight is 209 g/mol. The van der Waals surface area contributed by atoms with Gasteiger partial charge < -0.3 is 9.90 Å². The number of ketones is 1. The van der Waals surface area contributed by atoms with Crippen LogP contribution in [0.25, 0.3) is 0 Å². The Kier molecular flexibility index (Phi) is 6.78. The van der Waals surface area contributed by atoms with Gasteiger partial charge in [0.15, 0.2) is 0 Å². The van der Waals surface area contributed by atoms with Crippen molar-refractivity contribution in [1.82, 2.24) is 0 Å². The molecule has 0 heterocycles. The van der Waals surface area contributed by atoms with Gasteiger partial charge in [-0.2, -0.15) is 0 Å². The molecule has 0 aliphatic heterocycles. The van der Waals surface area contributed by atoms with Crippen molar-refractivity contribution in [3.8, 4) is 0 Å². The second-order valence-electron chi connectivity index (χ2n) is 1.25. The summed E-state index contributed by atoms with van der Waals surface area (Å²) in [7, 11) is 0. The van der Waals surface area contributed by atoms with Gasteiger partial charge in [-0.1, -0.05) is 0 Å². The van der Waals surface area contributed by atoms with E-state index in [1.807, 2.05) is 0 Å². The Balaban J connectivity index is 0. The van der Waals surface area contributed by atoms with Crippen LogP contribution >= 0.6 is 0 Å². The van der Waals surface area contributed by atoms with E-state index in [1.165, 1.54) is 6.92 Å². The SMILES string of the molecule is CC(=O)CC(=O)[O-].[Ag+]. The van der Waals surface area contributed by atoms with E-state index in [9.17, 15) is 14.7 Å². The maximum absolute atomic E-state index is 9.83. The van der Waals surface area contributed by atoms with Gasteiger partial charge in [-0.15, -0.1) is 0 Å². The molecule has 0 spiro atoms. The van der Waals surface area contributed by atoms with E-state index in [2.05, 4.69) is 0 Å². The minimum Gasteiger partial charge on any atom is -0.550 e. The zero-order chi connectivity index (χ0) is 5.86. The van der Waals surface area contributed by atoms with Crippen LogP contribution in [-0.2, 0) is 32.0 Å². The van der Waals surface area contributed by atoms with E-state index in [-0.39, 0.29) is 28.2 Å². The summed E-state index contributed by atoms with van der Waals surface area (Å²) in [6.07, 6.45) is -0.472. The number of carboxylic acids is 1. The van der Waals surface area contributed by atoms with Crippen LogP contribution in [0.3, 0.4) is 0 Å². The first-order chi connectivity index (χ1) is 3.13. The molecule has 0 bridgehead atoms. The molecule has 50 valence electrons. The van der Waals surface area contributed by atoms with E-state index in [0.717, 1.165) is 0 Å². The summed E-state index contributed by atoms with van der Waals surface area (Å²) in [5.41, 5.74) is 0. The Labute approximate surface area is 62.6 Å². The summed E-state index contributed by atoms with van der Waals surface area (Å²) in [5, 5.41) is 9.48. The molecular formula is C4H5AgO3. The molecule has 0 N–H and O–H groups in total. The molecule has 0 aromatic rings. The zero-order valence-electron chi connectivity index (χ0n) is 4.23. The van der Waals surface area contributed by atoms with Crippen molar-refractivity contribution in [2.24, 2.45) is 0 Å². The monoisotopic (exact) mass is 208 g/mol. The van der Waals surface area contributed by atoms with Crippen molar-refractivity contribution < 1.29 is 37.1 Å². The second kappa shape index (κ2) is 5.03. The number of carbonyl (C=O) groups excluding carboxylic acids is 2. The largest absolute Gasteiger partial charge is 1.00 e. The van der Waals surface area contributed by atoms with Crippen LogP contribution in [0.2, 0.25) is 0 Å². The van der Waals surface area contributed by atoms with Crippen molar-refractivity contribution in [1.29, 1.82) is 0 Å². The number of rotatable bonds is 2. The number of aliphatic carboxylic acids is 1. The third-order valence-corrected chi connectivity index (χ3v) is 0.393. The first kappa shape index (κ1) is 10.8. The molecule has 0 unspecified atom stereocenters. The molecule has 8 heavy (non-hydrogen) atoms. The molecule has 0 aromatic carbocycles. The molecular weight excluding hydrogens is 204 g/mol. The standard InChI is InChI=1S/C4H6O3.Ag/c1-3(5)2-4(6)7;/h2H2,1H3,(H,6,7);/q;+1/p-1. The summed E-state index contributed by atoms with van der Waals surface area (Å²) in [6, 6.07) is 0. The van der Waals surface area contributed by atoms with Crippen molar-refractivity contribution in [3.63, 3.8) is 0 Å². The molecule has 0 aliphatic rings. The molecule has 0 fully saturated rings. The van der Waals surface area contributed by atoms with E-state index in [4.69, 9.17) is 0 Å². The number of hydrogen-bond donors (Lipinski definition) is 0. The first-order valence-corrected chi connectivity index (χ1v) is 1.82. The van der Waals surface area contributed by atoms with Crippen LogP contribution in [0.4, 0.5) is 0 Å². The molecule has 0 rings (SSSR count). The van der Waals surface area contributed by atoms with Gasteiger partial charge in [0.05, 0.1) is 0 Å². The van der Waals surface area contributed by atoms with Crippen molar-refractivity contribution >= 4 is 11.8 Å². The van der Waals surface area contributed by atoms with Crippen molar-refractivity contribution in [3.05, 3.63) is 0 Å². The van der Waals surface area contributed by atoms with Crippen LogP contribution in [0, 0.1) is 0 Å². The fourth-order valence-electron chi connectivity index (χ4n) is 0.203. The van der Waals surface area contributed by atoms with Crippen LogP contribution in [0.1, 0.15) is 13.3 Å². The topological polar surface area (TPSA) is 57.2 Å². The van der Waals surface area contributed by atoms with Crippen LogP contribution in [-0.4, -0.2) is 11.8 Å². The number of carboxylic acid groups (broad SMARTS) is 1. The molecule has 3 nitrogen and oxygen atoms in total. The Morgan fingerprint density at radius 3 is 1.88 bits per heavy atom. The first-order valence-electron chi connectivity index (χ1n) is 1.82. The fraction of sp³-hybridized carbons (Fsp3) is 0.500. The predicted octanol–water partition coefficient (Wildman–Crippen LogP) is -1.29. The van der Waals surface area contributed by atoms with Gasteiger partial charge in [0.1, 0.15) is 5.78 Å². The predicted molar refractivity (Wildman–Crippen MR) is 20.3 cm³/mol. The minimum atomic E-state index is -1.31. The smallest absolute Gasteiger partial charge is 0.550 e. The maximum atomic E-state index is 9.83. The third kappa shape index (κ3) is 9.30. The van der Waals surface area contributed by atoms with Crippen LogP contribution < -0.4 is 5.11 Å². The summed E-state index contributed by atoms with van der Waals surface area (Å²) in [5.74, 6) is -1.69. The van der Waals surface area contributed by atoms with E-state index in [0.29, 0.717) is 0 Å². The molecule has 0 aromatic heterocycles. The van der Waals surface area contributed by atoms with Crippen molar-refractivity contribution in [2.75, 3.05) is 0 Å². The average Bonchev–Trinajstić information content (AvgIpc) is 1.27.